The zero-order valence-electron chi connectivity index (χ0n) is 18.4. The summed E-state index contributed by atoms with van der Waals surface area (Å²) in [6, 6.07) is 7.99. The summed E-state index contributed by atoms with van der Waals surface area (Å²) in [6.45, 7) is 5.47. The predicted octanol–water partition coefficient (Wildman–Crippen LogP) is 2.39. The highest BCUT2D eigenvalue weighted by molar-refractivity contribution is 5.78. The Morgan fingerprint density at radius 2 is 2.13 bits per heavy atom. The molecule has 2 N–H and O–H groups in total. The third kappa shape index (κ3) is 5.02. The second-order valence-corrected chi connectivity index (χ2v) is 8.69. The number of hydrogen-bond acceptors (Lipinski definition) is 6. The minimum absolute atomic E-state index is 0.0318. The molecule has 0 spiro atoms. The third-order valence-corrected chi connectivity index (χ3v) is 5.92. The molecule has 2 aromatic heterocycles. The number of aliphatic hydroxyl groups is 1. The molecule has 1 aromatic carbocycles. The second kappa shape index (κ2) is 8.63. The number of amides is 1. The Morgan fingerprint density at radius 3 is 2.94 bits per heavy atom. The molecule has 0 radical (unpaired) electrons. The fourth-order valence-electron chi connectivity index (χ4n) is 4.36. The largest absolute Gasteiger partial charge is 0.386 e. The Balaban J connectivity index is 1.34. The molecule has 0 saturated carbocycles. The number of fused-ring (bicyclic) bond motifs is 1. The van der Waals surface area contributed by atoms with Crippen LogP contribution in [0.1, 0.15) is 36.3 Å². The molecule has 31 heavy (non-hydrogen) atoms. The quantitative estimate of drug-likeness (QED) is 0.633. The molecule has 3 aromatic rings. The summed E-state index contributed by atoms with van der Waals surface area (Å²) in [7, 11) is 1.77. The average molecular weight is 423 g/mol. The van der Waals surface area contributed by atoms with Crippen molar-refractivity contribution in [3.05, 3.63) is 47.7 Å². The van der Waals surface area contributed by atoms with Crippen LogP contribution in [0.15, 0.2) is 30.6 Å². The number of nitrogens with one attached hydrogen (secondary N) is 1. The summed E-state index contributed by atoms with van der Waals surface area (Å²) < 4.78 is 0. The standard InChI is InChI=1S/C23H30N6O2/c1-16-11-21(25-15-24-16)29-10-4-9-23(31,14-29)13-28(3)22(30)8-6-18-5-7-19-20(12-18)27-17(2)26-19/h5,7,11-12,15,31H,4,6,8-10,13-14H2,1-3H3,(H,26,27)/t23-/m0/s1. The monoisotopic (exact) mass is 422 g/mol. The molecule has 1 saturated heterocycles. The molecule has 164 valence electrons. The maximum Gasteiger partial charge on any atom is 0.222 e. The van der Waals surface area contributed by atoms with Crippen molar-refractivity contribution in [3.8, 4) is 0 Å². The Hall–Kier alpha value is -3.00. The van der Waals surface area contributed by atoms with Gasteiger partial charge in [-0.1, -0.05) is 6.07 Å². The fraction of sp³-hybridized carbons (Fsp3) is 0.478. The molecule has 1 amide bonds. The van der Waals surface area contributed by atoms with Gasteiger partial charge in [0, 0.05) is 38.3 Å². The van der Waals surface area contributed by atoms with Crippen LogP contribution in [0.3, 0.4) is 0 Å². The van der Waals surface area contributed by atoms with Gasteiger partial charge in [0.2, 0.25) is 5.91 Å². The van der Waals surface area contributed by atoms with Gasteiger partial charge in [0.15, 0.2) is 0 Å². The number of benzene rings is 1. The van der Waals surface area contributed by atoms with Gasteiger partial charge in [0.1, 0.15) is 18.0 Å². The normalized spacial score (nSPS) is 19.0. The van der Waals surface area contributed by atoms with Crippen molar-refractivity contribution in [2.24, 2.45) is 0 Å². The first-order valence-electron chi connectivity index (χ1n) is 10.8. The molecule has 1 atom stereocenters. The van der Waals surface area contributed by atoms with Gasteiger partial charge in [-0.05, 0) is 50.8 Å². The minimum Gasteiger partial charge on any atom is -0.386 e. The number of β-amino-alcohol motifs (C(OH)–C–C–N with tert-alkyl or cyclic N) is 1. The number of aryl methyl sites for hydroxylation is 3. The lowest BCUT2D eigenvalue weighted by Crippen LogP contribution is -2.55. The van der Waals surface area contributed by atoms with Crippen LogP contribution in [0.4, 0.5) is 5.82 Å². The van der Waals surface area contributed by atoms with Crippen molar-refractivity contribution in [1.82, 2.24) is 24.8 Å². The number of aromatic amines is 1. The summed E-state index contributed by atoms with van der Waals surface area (Å²) in [4.78, 5) is 32.6. The third-order valence-electron chi connectivity index (χ3n) is 5.92. The van der Waals surface area contributed by atoms with Gasteiger partial charge in [-0.3, -0.25) is 4.79 Å². The van der Waals surface area contributed by atoms with Crippen molar-refractivity contribution in [3.63, 3.8) is 0 Å². The predicted molar refractivity (Wildman–Crippen MR) is 120 cm³/mol. The summed E-state index contributed by atoms with van der Waals surface area (Å²) >= 11 is 0. The van der Waals surface area contributed by atoms with E-state index in [0.29, 0.717) is 32.4 Å². The van der Waals surface area contributed by atoms with E-state index in [9.17, 15) is 9.90 Å². The maximum absolute atomic E-state index is 12.8. The molecule has 4 rings (SSSR count). The molecular formula is C23H30N6O2. The van der Waals surface area contributed by atoms with Crippen LogP contribution in [0.2, 0.25) is 0 Å². The second-order valence-electron chi connectivity index (χ2n) is 8.69. The molecule has 1 fully saturated rings. The smallest absolute Gasteiger partial charge is 0.222 e. The van der Waals surface area contributed by atoms with E-state index in [-0.39, 0.29) is 5.91 Å². The van der Waals surface area contributed by atoms with Crippen molar-refractivity contribution in [2.45, 2.75) is 45.1 Å². The number of H-pyrrole nitrogens is 1. The topological polar surface area (TPSA) is 98.2 Å². The van der Waals surface area contributed by atoms with Crippen LogP contribution in [-0.4, -0.2) is 68.1 Å². The number of anilines is 1. The van der Waals surface area contributed by atoms with E-state index in [4.69, 9.17) is 0 Å². The van der Waals surface area contributed by atoms with Gasteiger partial charge in [-0.15, -0.1) is 0 Å². The van der Waals surface area contributed by atoms with Crippen LogP contribution in [0.5, 0.6) is 0 Å². The van der Waals surface area contributed by atoms with Gasteiger partial charge >= 0.3 is 0 Å². The van der Waals surface area contributed by atoms with Gasteiger partial charge in [0.05, 0.1) is 23.2 Å². The van der Waals surface area contributed by atoms with Crippen molar-refractivity contribution in [1.29, 1.82) is 0 Å². The first-order valence-corrected chi connectivity index (χ1v) is 10.8. The fourth-order valence-corrected chi connectivity index (χ4v) is 4.36. The summed E-state index contributed by atoms with van der Waals surface area (Å²) in [5.41, 5.74) is 2.97. The zero-order valence-corrected chi connectivity index (χ0v) is 18.4. The van der Waals surface area contributed by atoms with Crippen molar-refractivity contribution < 1.29 is 9.90 Å². The highest BCUT2D eigenvalue weighted by Gasteiger charge is 2.35. The first kappa shape index (κ1) is 21.2. The number of hydrogen-bond donors (Lipinski definition) is 2. The van der Waals surface area contributed by atoms with Crippen molar-refractivity contribution in [2.75, 3.05) is 31.6 Å². The molecule has 3 heterocycles. The van der Waals surface area contributed by atoms with E-state index in [1.165, 1.54) is 0 Å². The van der Waals surface area contributed by atoms with Crippen LogP contribution in [-0.2, 0) is 11.2 Å². The lowest BCUT2D eigenvalue weighted by molar-refractivity contribution is -0.133. The number of rotatable bonds is 6. The molecule has 0 bridgehead atoms. The number of aromatic nitrogens is 4. The summed E-state index contributed by atoms with van der Waals surface area (Å²) in [6.07, 6.45) is 4.13. The number of carbonyl (C=O) groups is 1. The van der Waals surface area contributed by atoms with E-state index in [1.54, 1.807) is 18.3 Å². The lowest BCUT2D eigenvalue weighted by Gasteiger charge is -2.41. The van der Waals surface area contributed by atoms with E-state index >= 15 is 0 Å². The van der Waals surface area contributed by atoms with E-state index in [1.807, 2.05) is 32.0 Å². The number of carbonyl (C=O) groups excluding carboxylic acids is 1. The SMILES string of the molecule is Cc1cc(N2CCC[C@](O)(CN(C)C(=O)CCc3ccc4nc(C)[nH]c4c3)C2)ncn1. The van der Waals surface area contributed by atoms with Crippen LogP contribution >= 0.6 is 0 Å². The summed E-state index contributed by atoms with van der Waals surface area (Å²) in [5, 5.41) is 11.2. The van der Waals surface area contributed by atoms with E-state index in [2.05, 4.69) is 30.9 Å². The Morgan fingerprint density at radius 1 is 1.29 bits per heavy atom. The molecule has 0 unspecified atom stereocenters. The van der Waals surface area contributed by atoms with Crippen LogP contribution in [0.25, 0.3) is 11.0 Å². The molecule has 8 nitrogen and oxygen atoms in total. The summed E-state index contributed by atoms with van der Waals surface area (Å²) in [5.74, 6) is 1.74. The molecular weight excluding hydrogens is 392 g/mol. The van der Waals surface area contributed by atoms with Gasteiger partial charge < -0.3 is 19.9 Å². The molecule has 1 aliphatic heterocycles. The minimum atomic E-state index is -0.951. The number of nitrogens with zero attached hydrogens (tertiary/aromatic N) is 5. The van der Waals surface area contributed by atoms with Crippen molar-refractivity contribution >= 4 is 22.8 Å². The Kier molecular flexibility index (Phi) is 5.91. The van der Waals surface area contributed by atoms with Gasteiger partial charge in [-0.2, -0.15) is 0 Å². The van der Waals surface area contributed by atoms with Crippen LogP contribution < -0.4 is 4.90 Å². The molecule has 1 aliphatic rings. The maximum atomic E-state index is 12.8. The Bertz CT molecular complexity index is 1080. The number of likely N-dealkylation sites (N-methyl/N-ethyl adjacent to an activating group) is 1. The molecule has 8 heteroatoms. The van der Waals surface area contributed by atoms with Gasteiger partial charge in [0.25, 0.3) is 0 Å². The van der Waals surface area contributed by atoms with E-state index < -0.39 is 5.60 Å². The first-order chi connectivity index (χ1) is 14.8. The Labute approximate surface area is 182 Å². The number of imidazole rings is 1. The highest BCUT2D eigenvalue weighted by atomic mass is 16.3. The van der Waals surface area contributed by atoms with Gasteiger partial charge in [-0.25, -0.2) is 15.0 Å². The molecule has 0 aliphatic carbocycles. The lowest BCUT2D eigenvalue weighted by atomic mass is 9.92. The number of piperidine rings is 1. The highest BCUT2D eigenvalue weighted by Crippen LogP contribution is 2.26. The zero-order chi connectivity index (χ0) is 22.0. The van der Waals surface area contributed by atoms with Crippen LogP contribution in [0, 0.1) is 13.8 Å². The van der Waals surface area contributed by atoms with E-state index in [0.717, 1.165) is 46.9 Å². The average Bonchev–Trinajstić information content (AvgIpc) is 3.11.